The zero-order chi connectivity index (χ0) is 28.5. The van der Waals surface area contributed by atoms with Gasteiger partial charge in [-0.3, -0.25) is 0 Å². The Morgan fingerprint density at radius 2 is 1.74 bits per heavy atom. The van der Waals surface area contributed by atoms with Crippen LogP contribution >= 0.6 is 0 Å². The molecule has 0 unspecified atom stereocenters. The zero-order valence-electron chi connectivity index (χ0n) is 21.7. The molecule has 1 heterocycles. The Morgan fingerprint density at radius 3 is 2.36 bits per heavy atom. The van der Waals surface area contributed by atoms with E-state index in [1.165, 1.54) is 19.2 Å². The topological polar surface area (TPSA) is 91.3 Å². The van der Waals surface area contributed by atoms with Gasteiger partial charge < -0.3 is 24.1 Å². The largest absolute Gasteiger partial charge is 0.495 e. The fraction of sp³-hybridized carbons (Fsp3) is 0.310. The number of aliphatic hydroxyl groups is 1. The summed E-state index contributed by atoms with van der Waals surface area (Å²) in [6, 6.07) is 11.3. The van der Waals surface area contributed by atoms with Crippen molar-refractivity contribution in [2.75, 3.05) is 7.11 Å². The van der Waals surface area contributed by atoms with Crippen LogP contribution in [0.15, 0.2) is 54.6 Å². The van der Waals surface area contributed by atoms with Gasteiger partial charge in [0.05, 0.1) is 24.3 Å². The lowest BCUT2D eigenvalue weighted by Gasteiger charge is -2.26. The van der Waals surface area contributed by atoms with Gasteiger partial charge in [-0.05, 0) is 54.3 Å². The molecule has 3 aromatic carbocycles. The number of carbonyl (C=O) groups excluding carboxylic acids is 2. The van der Waals surface area contributed by atoms with Crippen molar-refractivity contribution in [3.05, 3.63) is 82.4 Å². The van der Waals surface area contributed by atoms with Gasteiger partial charge in [0.1, 0.15) is 23.7 Å². The summed E-state index contributed by atoms with van der Waals surface area (Å²) in [5.74, 6) is -1.45. The minimum Gasteiger partial charge on any atom is -0.495 e. The average molecular weight is 545 g/mol. The average Bonchev–Trinajstić information content (AvgIpc) is 2.85. The summed E-state index contributed by atoms with van der Waals surface area (Å²) in [4.78, 5) is 25.8. The van der Waals surface area contributed by atoms with Gasteiger partial charge >= 0.3 is 18.1 Å². The van der Waals surface area contributed by atoms with Gasteiger partial charge in [-0.15, -0.1) is 0 Å². The molecule has 0 spiro atoms. The van der Waals surface area contributed by atoms with E-state index in [1.807, 2.05) is 20.8 Å². The van der Waals surface area contributed by atoms with Crippen molar-refractivity contribution >= 4 is 11.9 Å². The number of alkyl halides is 3. The highest BCUT2D eigenvalue weighted by Gasteiger charge is 2.32. The summed E-state index contributed by atoms with van der Waals surface area (Å²) in [6.07, 6.45) is -5.08. The third-order valence-corrected chi connectivity index (χ3v) is 6.00. The molecule has 1 N–H and O–H groups in total. The molecular weight excluding hydrogens is 517 g/mol. The summed E-state index contributed by atoms with van der Waals surface area (Å²) in [5.41, 5.74) is -0.477. The first kappa shape index (κ1) is 28.0. The number of benzene rings is 3. The highest BCUT2D eigenvalue weighted by atomic mass is 19.4. The van der Waals surface area contributed by atoms with Gasteiger partial charge in [0, 0.05) is 11.1 Å². The summed E-state index contributed by atoms with van der Waals surface area (Å²) >= 11 is 0. The summed E-state index contributed by atoms with van der Waals surface area (Å²) in [6.45, 7) is 5.69. The smallest absolute Gasteiger partial charge is 0.416 e. The zero-order valence-corrected chi connectivity index (χ0v) is 21.7. The van der Waals surface area contributed by atoms with Crippen LogP contribution in [0.4, 0.5) is 13.2 Å². The van der Waals surface area contributed by atoms with Crippen LogP contribution in [0.1, 0.15) is 70.7 Å². The number of methoxy groups -OCH3 is 1. The second-order valence-electron chi connectivity index (χ2n) is 10.2. The second kappa shape index (κ2) is 10.6. The number of halogens is 3. The first-order valence-electron chi connectivity index (χ1n) is 12.0. The standard InChI is InChI=1S/C29H27F3O7/c1-28(2,3)14-20(33)19-12-13-21-23(25(19)36-4)27(35)37-15-17-6-5-7-22(24(17)38-21)39-26(34)16-8-10-18(11-9-16)29(30,31)32/h5-13,20,33H,14-15H2,1-4H3/t20-/m0/s1. The lowest BCUT2D eigenvalue weighted by atomic mass is 9.86. The fourth-order valence-corrected chi connectivity index (χ4v) is 4.18. The molecule has 39 heavy (non-hydrogen) atoms. The minimum absolute atomic E-state index is 0.0305. The van der Waals surface area contributed by atoms with E-state index in [4.69, 9.17) is 18.9 Å². The van der Waals surface area contributed by atoms with Crippen LogP contribution in [-0.4, -0.2) is 24.2 Å². The Balaban J connectivity index is 1.69. The minimum atomic E-state index is -4.54. The predicted molar refractivity (Wildman–Crippen MR) is 134 cm³/mol. The highest BCUT2D eigenvalue weighted by Crippen LogP contribution is 2.45. The second-order valence-corrected chi connectivity index (χ2v) is 10.2. The first-order chi connectivity index (χ1) is 18.3. The number of carbonyl (C=O) groups is 2. The lowest BCUT2D eigenvalue weighted by molar-refractivity contribution is -0.137. The van der Waals surface area contributed by atoms with Gasteiger partial charge in [0.2, 0.25) is 0 Å². The van der Waals surface area contributed by atoms with E-state index >= 15 is 0 Å². The molecule has 1 aliphatic heterocycles. The maximum Gasteiger partial charge on any atom is 0.416 e. The van der Waals surface area contributed by atoms with Gasteiger partial charge in [-0.2, -0.15) is 13.2 Å². The van der Waals surface area contributed by atoms with Crippen molar-refractivity contribution in [2.24, 2.45) is 5.41 Å². The maximum absolute atomic E-state index is 13.0. The van der Waals surface area contributed by atoms with Crippen LogP contribution in [0.5, 0.6) is 23.0 Å². The molecule has 0 amide bonds. The molecule has 10 heteroatoms. The molecule has 0 bridgehead atoms. The molecule has 0 radical (unpaired) electrons. The van der Waals surface area contributed by atoms with Crippen molar-refractivity contribution in [2.45, 2.75) is 46.1 Å². The number of hydrogen-bond acceptors (Lipinski definition) is 7. The Morgan fingerprint density at radius 1 is 1.05 bits per heavy atom. The number of fused-ring (bicyclic) bond motifs is 2. The summed E-state index contributed by atoms with van der Waals surface area (Å²) in [5, 5.41) is 10.9. The molecule has 0 fully saturated rings. The van der Waals surface area contributed by atoms with Crippen molar-refractivity contribution in [1.82, 2.24) is 0 Å². The van der Waals surface area contributed by atoms with Crippen molar-refractivity contribution in [3.63, 3.8) is 0 Å². The Labute approximate surface area is 223 Å². The maximum atomic E-state index is 13.0. The highest BCUT2D eigenvalue weighted by molar-refractivity contribution is 5.97. The van der Waals surface area contributed by atoms with E-state index in [0.29, 0.717) is 17.5 Å². The molecule has 7 nitrogen and oxygen atoms in total. The quantitative estimate of drug-likeness (QED) is 0.277. The van der Waals surface area contributed by atoms with E-state index in [9.17, 15) is 27.9 Å². The predicted octanol–water partition coefficient (Wildman–Crippen LogP) is 6.87. The van der Waals surface area contributed by atoms with Crippen LogP contribution in [0, 0.1) is 5.41 Å². The number of ether oxygens (including phenoxy) is 4. The number of rotatable bonds is 5. The van der Waals surface area contributed by atoms with Crippen LogP contribution in [0.3, 0.4) is 0 Å². The lowest BCUT2D eigenvalue weighted by Crippen LogP contribution is -2.17. The van der Waals surface area contributed by atoms with Crippen molar-refractivity contribution in [3.8, 4) is 23.0 Å². The van der Waals surface area contributed by atoms with E-state index in [2.05, 4.69) is 0 Å². The molecule has 1 aliphatic rings. The normalized spacial score (nSPS) is 14.1. The molecule has 206 valence electrons. The van der Waals surface area contributed by atoms with E-state index in [-0.39, 0.29) is 46.1 Å². The Hall–Kier alpha value is -4.05. The molecule has 4 rings (SSSR count). The number of esters is 2. The van der Waals surface area contributed by atoms with Crippen molar-refractivity contribution < 1.29 is 46.8 Å². The molecule has 0 aliphatic carbocycles. The number of para-hydroxylation sites is 1. The van der Waals surface area contributed by atoms with E-state index < -0.39 is 29.8 Å². The van der Waals surface area contributed by atoms with Crippen LogP contribution in [0.2, 0.25) is 0 Å². The summed E-state index contributed by atoms with van der Waals surface area (Å²) < 4.78 is 61.2. The summed E-state index contributed by atoms with van der Waals surface area (Å²) in [7, 11) is 1.36. The number of aliphatic hydroxyl groups excluding tert-OH is 1. The molecule has 3 aromatic rings. The van der Waals surface area contributed by atoms with Gasteiger partial charge in [0.25, 0.3) is 0 Å². The van der Waals surface area contributed by atoms with Gasteiger partial charge in [0.15, 0.2) is 11.5 Å². The molecular formula is C29H27F3O7. The molecule has 0 saturated heterocycles. The van der Waals surface area contributed by atoms with E-state index in [1.54, 1.807) is 18.2 Å². The Kier molecular flexibility index (Phi) is 7.61. The third kappa shape index (κ3) is 6.17. The van der Waals surface area contributed by atoms with Gasteiger partial charge in [-0.1, -0.05) is 32.9 Å². The first-order valence-corrected chi connectivity index (χ1v) is 12.0. The molecule has 0 saturated carbocycles. The monoisotopic (exact) mass is 544 g/mol. The van der Waals surface area contributed by atoms with Crippen LogP contribution in [-0.2, 0) is 17.5 Å². The Bertz CT molecular complexity index is 1390. The molecule has 1 atom stereocenters. The SMILES string of the molecule is COc1c([C@@H](O)CC(C)(C)C)ccc2c1C(=O)OCc1cccc(OC(=O)c3ccc(C(F)(F)F)cc3)c1O2. The third-order valence-electron chi connectivity index (χ3n) is 6.00. The number of cyclic esters (lactones) is 1. The van der Waals surface area contributed by atoms with Crippen molar-refractivity contribution in [1.29, 1.82) is 0 Å². The van der Waals surface area contributed by atoms with Crippen LogP contribution < -0.4 is 14.2 Å². The van der Waals surface area contributed by atoms with Gasteiger partial charge in [-0.25, -0.2) is 9.59 Å². The number of hydrogen-bond donors (Lipinski definition) is 1. The fourth-order valence-electron chi connectivity index (χ4n) is 4.18. The van der Waals surface area contributed by atoms with E-state index in [0.717, 1.165) is 24.3 Å². The van der Waals surface area contributed by atoms with Crippen LogP contribution in [0.25, 0.3) is 0 Å². The molecule has 0 aromatic heterocycles.